The summed E-state index contributed by atoms with van der Waals surface area (Å²) < 4.78 is 5.32. The summed E-state index contributed by atoms with van der Waals surface area (Å²) in [7, 11) is 1.63. The van der Waals surface area contributed by atoms with Crippen molar-refractivity contribution in [2.24, 2.45) is 0 Å². The van der Waals surface area contributed by atoms with Crippen LogP contribution in [0, 0.1) is 0 Å². The fourth-order valence-electron chi connectivity index (χ4n) is 2.28. The Labute approximate surface area is 107 Å². The van der Waals surface area contributed by atoms with Crippen molar-refractivity contribution in [2.75, 3.05) is 13.7 Å². The standard InChI is InChI=1S/C14H17NO3/c1-10(16)8-14(17)15-7-6-11-4-3-5-13(18-2)12(11)9-15/h3-5H,6-9H2,1-2H3. The summed E-state index contributed by atoms with van der Waals surface area (Å²) >= 11 is 0. The van der Waals surface area contributed by atoms with Crippen molar-refractivity contribution in [3.05, 3.63) is 29.3 Å². The summed E-state index contributed by atoms with van der Waals surface area (Å²) in [5.41, 5.74) is 2.28. The summed E-state index contributed by atoms with van der Waals surface area (Å²) in [6.45, 7) is 2.65. The summed E-state index contributed by atoms with van der Waals surface area (Å²) in [6.07, 6.45) is 0.806. The molecule has 18 heavy (non-hydrogen) atoms. The van der Waals surface area contributed by atoms with Gasteiger partial charge in [0.05, 0.1) is 13.5 Å². The summed E-state index contributed by atoms with van der Waals surface area (Å²) in [5.74, 6) is 0.623. The number of hydrogen-bond donors (Lipinski definition) is 0. The lowest BCUT2D eigenvalue weighted by molar-refractivity contribution is -0.135. The minimum atomic E-state index is -0.0981. The van der Waals surface area contributed by atoms with Crippen LogP contribution >= 0.6 is 0 Å². The quantitative estimate of drug-likeness (QED) is 0.761. The molecule has 0 fully saturated rings. The largest absolute Gasteiger partial charge is 0.496 e. The molecule has 96 valence electrons. The molecule has 1 amide bonds. The van der Waals surface area contributed by atoms with E-state index in [2.05, 4.69) is 6.07 Å². The van der Waals surface area contributed by atoms with Gasteiger partial charge in [-0.05, 0) is 25.0 Å². The molecule has 1 aromatic carbocycles. The first-order valence-electron chi connectivity index (χ1n) is 6.03. The normalized spacial score (nSPS) is 14.0. The maximum absolute atomic E-state index is 11.9. The van der Waals surface area contributed by atoms with Crippen LogP contribution in [-0.2, 0) is 22.6 Å². The Morgan fingerprint density at radius 3 is 2.83 bits per heavy atom. The van der Waals surface area contributed by atoms with E-state index in [0.29, 0.717) is 13.1 Å². The Kier molecular flexibility index (Phi) is 3.65. The van der Waals surface area contributed by atoms with Crippen molar-refractivity contribution in [1.29, 1.82) is 0 Å². The fourth-order valence-corrected chi connectivity index (χ4v) is 2.28. The first-order chi connectivity index (χ1) is 8.61. The number of nitrogens with zero attached hydrogens (tertiary/aromatic N) is 1. The molecule has 0 aliphatic carbocycles. The summed E-state index contributed by atoms with van der Waals surface area (Å²) in [6, 6.07) is 5.92. The maximum Gasteiger partial charge on any atom is 0.230 e. The number of amides is 1. The van der Waals surface area contributed by atoms with E-state index in [1.807, 2.05) is 12.1 Å². The monoisotopic (exact) mass is 247 g/mol. The van der Waals surface area contributed by atoms with Crippen LogP contribution in [0.3, 0.4) is 0 Å². The molecule has 0 bridgehead atoms. The van der Waals surface area contributed by atoms with E-state index in [4.69, 9.17) is 4.74 Å². The highest BCUT2D eigenvalue weighted by Crippen LogP contribution is 2.28. The molecular weight excluding hydrogens is 230 g/mol. The van der Waals surface area contributed by atoms with E-state index >= 15 is 0 Å². The Balaban J connectivity index is 2.18. The molecule has 0 atom stereocenters. The van der Waals surface area contributed by atoms with Gasteiger partial charge < -0.3 is 9.64 Å². The number of Topliss-reactive ketones (excluding diaryl/α,β-unsaturated/α-hetero) is 1. The van der Waals surface area contributed by atoms with Crippen LogP contribution in [0.5, 0.6) is 5.75 Å². The lowest BCUT2D eigenvalue weighted by Crippen LogP contribution is -2.36. The third-order valence-electron chi connectivity index (χ3n) is 3.20. The highest BCUT2D eigenvalue weighted by molar-refractivity contribution is 5.96. The van der Waals surface area contributed by atoms with Gasteiger partial charge in [-0.3, -0.25) is 9.59 Å². The Bertz CT molecular complexity index is 468. The third-order valence-corrected chi connectivity index (χ3v) is 3.20. The number of carbonyl (C=O) groups is 2. The molecular formula is C14H17NO3. The minimum absolute atomic E-state index is 0.00944. The zero-order valence-electron chi connectivity index (χ0n) is 10.7. The molecule has 0 radical (unpaired) electrons. The summed E-state index contributed by atoms with van der Waals surface area (Å²) in [4.78, 5) is 24.6. The lowest BCUT2D eigenvalue weighted by Gasteiger charge is -2.29. The molecule has 1 heterocycles. The van der Waals surface area contributed by atoms with E-state index in [1.165, 1.54) is 12.5 Å². The molecule has 0 spiro atoms. The SMILES string of the molecule is COc1cccc2c1CN(C(=O)CC(C)=O)CC2. The van der Waals surface area contributed by atoms with Gasteiger partial charge in [-0.1, -0.05) is 12.1 Å². The molecule has 0 N–H and O–H groups in total. The van der Waals surface area contributed by atoms with Gasteiger partial charge in [0.15, 0.2) is 0 Å². The van der Waals surface area contributed by atoms with Crippen molar-refractivity contribution in [3.63, 3.8) is 0 Å². The van der Waals surface area contributed by atoms with Gasteiger partial charge in [-0.25, -0.2) is 0 Å². The van der Waals surface area contributed by atoms with E-state index in [9.17, 15) is 9.59 Å². The number of fused-ring (bicyclic) bond motifs is 1. The average molecular weight is 247 g/mol. The van der Waals surface area contributed by atoms with Crippen molar-refractivity contribution in [1.82, 2.24) is 4.90 Å². The van der Waals surface area contributed by atoms with Crippen LogP contribution < -0.4 is 4.74 Å². The number of ketones is 1. The zero-order valence-corrected chi connectivity index (χ0v) is 10.7. The molecule has 1 aliphatic heterocycles. The second-order valence-electron chi connectivity index (χ2n) is 4.54. The topological polar surface area (TPSA) is 46.6 Å². The smallest absolute Gasteiger partial charge is 0.230 e. The van der Waals surface area contributed by atoms with Crippen molar-refractivity contribution < 1.29 is 14.3 Å². The van der Waals surface area contributed by atoms with Gasteiger partial charge >= 0.3 is 0 Å². The van der Waals surface area contributed by atoms with Crippen molar-refractivity contribution >= 4 is 11.7 Å². The molecule has 1 aliphatic rings. The van der Waals surface area contributed by atoms with E-state index in [1.54, 1.807) is 12.0 Å². The Morgan fingerprint density at radius 1 is 1.39 bits per heavy atom. The first kappa shape index (κ1) is 12.6. The molecule has 0 saturated heterocycles. The maximum atomic E-state index is 11.9. The highest BCUT2D eigenvalue weighted by Gasteiger charge is 2.23. The Morgan fingerprint density at radius 2 is 2.17 bits per heavy atom. The van der Waals surface area contributed by atoms with Gasteiger partial charge in [0.1, 0.15) is 11.5 Å². The van der Waals surface area contributed by atoms with E-state index in [-0.39, 0.29) is 18.1 Å². The molecule has 4 nitrogen and oxygen atoms in total. The molecule has 1 aromatic rings. The predicted molar refractivity (Wildman–Crippen MR) is 67.4 cm³/mol. The molecule has 4 heteroatoms. The van der Waals surface area contributed by atoms with Gasteiger partial charge in [-0.2, -0.15) is 0 Å². The fraction of sp³-hybridized carbons (Fsp3) is 0.429. The van der Waals surface area contributed by atoms with Crippen LogP contribution in [0.15, 0.2) is 18.2 Å². The number of rotatable bonds is 3. The minimum Gasteiger partial charge on any atom is -0.496 e. The molecule has 2 rings (SSSR count). The number of carbonyl (C=O) groups excluding carboxylic acids is 2. The van der Waals surface area contributed by atoms with Gasteiger partial charge in [0.2, 0.25) is 5.91 Å². The van der Waals surface area contributed by atoms with Gasteiger partial charge in [0, 0.05) is 18.7 Å². The number of methoxy groups -OCH3 is 1. The molecule has 0 unspecified atom stereocenters. The second-order valence-corrected chi connectivity index (χ2v) is 4.54. The van der Waals surface area contributed by atoms with Crippen LogP contribution in [0.25, 0.3) is 0 Å². The lowest BCUT2D eigenvalue weighted by atomic mass is 9.98. The van der Waals surface area contributed by atoms with Crippen molar-refractivity contribution in [2.45, 2.75) is 26.3 Å². The number of benzene rings is 1. The second kappa shape index (κ2) is 5.21. The zero-order chi connectivity index (χ0) is 13.1. The molecule has 0 saturated carbocycles. The van der Waals surface area contributed by atoms with Crippen molar-refractivity contribution in [3.8, 4) is 5.75 Å². The van der Waals surface area contributed by atoms with E-state index < -0.39 is 0 Å². The summed E-state index contributed by atoms with van der Waals surface area (Å²) in [5, 5.41) is 0. The number of hydrogen-bond acceptors (Lipinski definition) is 3. The van der Waals surface area contributed by atoms with Crippen LogP contribution in [0.2, 0.25) is 0 Å². The van der Waals surface area contributed by atoms with Gasteiger partial charge in [0.25, 0.3) is 0 Å². The average Bonchev–Trinajstić information content (AvgIpc) is 2.36. The Hall–Kier alpha value is -1.84. The van der Waals surface area contributed by atoms with Crippen LogP contribution in [0.1, 0.15) is 24.5 Å². The third kappa shape index (κ3) is 2.53. The predicted octanol–water partition coefficient (Wildman–Crippen LogP) is 1.56. The van der Waals surface area contributed by atoms with Gasteiger partial charge in [-0.15, -0.1) is 0 Å². The molecule has 0 aromatic heterocycles. The van der Waals surface area contributed by atoms with Crippen LogP contribution in [-0.4, -0.2) is 30.2 Å². The number of ether oxygens (including phenoxy) is 1. The van der Waals surface area contributed by atoms with E-state index in [0.717, 1.165) is 17.7 Å². The highest BCUT2D eigenvalue weighted by atomic mass is 16.5. The van der Waals surface area contributed by atoms with Crippen LogP contribution in [0.4, 0.5) is 0 Å². The first-order valence-corrected chi connectivity index (χ1v) is 6.03.